The van der Waals surface area contributed by atoms with Crippen molar-refractivity contribution in [2.75, 3.05) is 7.05 Å². The molecule has 6 nitrogen and oxygen atoms in total. The van der Waals surface area contributed by atoms with E-state index >= 15 is 0 Å². The summed E-state index contributed by atoms with van der Waals surface area (Å²) in [6.07, 6.45) is 1.63. The van der Waals surface area contributed by atoms with Crippen LogP contribution in [0.15, 0.2) is 35.0 Å². The Balaban J connectivity index is 2.33. The van der Waals surface area contributed by atoms with Crippen molar-refractivity contribution in [3.05, 3.63) is 46.1 Å². The van der Waals surface area contributed by atoms with E-state index in [-0.39, 0.29) is 5.69 Å². The van der Waals surface area contributed by atoms with Gasteiger partial charge in [-0.1, -0.05) is 5.16 Å². The summed E-state index contributed by atoms with van der Waals surface area (Å²) in [6, 6.07) is 6.19. The van der Waals surface area contributed by atoms with Gasteiger partial charge in [-0.15, -0.1) is 0 Å². The number of nitro groups is 1. The Labute approximate surface area is 97.4 Å². The lowest BCUT2D eigenvalue weighted by Gasteiger charge is -2.00. The molecular formula is C11H11N3O3. The van der Waals surface area contributed by atoms with Gasteiger partial charge >= 0.3 is 0 Å². The molecule has 0 unspecified atom stereocenters. The minimum Gasteiger partial charge on any atom is -0.356 e. The fraction of sp³-hybridized carbons (Fsp3) is 0.182. The number of nitrogens with one attached hydrogen (secondary N) is 1. The van der Waals surface area contributed by atoms with Crippen molar-refractivity contribution in [1.82, 2.24) is 10.5 Å². The largest absolute Gasteiger partial charge is 0.356 e. The van der Waals surface area contributed by atoms with Gasteiger partial charge in [0.25, 0.3) is 5.69 Å². The third-order valence-corrected chi connectivity index (χ3v) is 2.35. The van der Waals surface area contributed by atoms with Gasteiger partial charge in [0.05, 0.1) is 11.1 Å². The van der Waals surface area contributed by atoms with Crippen molar-refractivity contribution in [2.24, 2.45) is 0 Å². The molecule has 0 saturated heterocycles. The average Bonchev–Trinajstić information content (AvgIpc) is 2.78. The predicted octanol–water partition coefficient (Wildman–Crippen LogP) is 1.97. The van der Waals surface area contributed by atoms with Gasteiger partial charge in [0.1, 0.15) is 0 Å². The van der Waals surface area contributed by atoms with Crippen molar-refractivity contribution in [2.45, 2.75) is 6.54 Å². The fourth-order valence-electron chi connectivity index (χ4n) is 1.55. The van der Waals surface area contributed by atoms with Crippen LogP contribution in [0.25, 0.3) is 11.3 Å². The summed E-state index contributed by atoms with van der Waals surface area (Å²) in [5.41, 5.74) is 1.75. The van der Waals surface area contributed by atoms with Crippen LogP contribution in [-0.4, -0.2) is 17.1 Å². The number of nitro benzene ring substituents is 1. The van der Waals surface area contributed by atoms with Gasteiger partial charge in [-0.25, -0.2) is 0 Å². The van der Waals surface area contributed by atoms with E-state index in [2.05, 4.69) is 10.5 Å². The zero-order chi connectivity index (χ0) is 12.3. The van der Waals surface area contributed by atoms with E-state index in [0.717, 1.165) is 11.1 Å². The molecule has 17 heavy (non-hydrogen) atoms. The van der Waals surface area contributed by atoms with Crippen molar-refractivity contribution in [3.63, 3.8) is 0 Å². The standard InChI is InChI=1S/C11H11N3O3/c1-12-6-9-7-13-17-11(9)8-2-4-10(5-3-8)14(15)16/h2-5,7,12H,6H2,1H3. The SMILES string of the molecule is CNCc1cnoc1-c1ccc([N+](=O)[O-])cc1. The van der Waals surface area contributed by atoms with Crippen molar-refractivity contribution >= 4 is 5.69 Å². The zero-order valence-electron chi connectivity index (χ0n) is 9.21. The number of hydrogen-bond donors (Lipinski definition) is 1. The number of nitrogens with zero attached hydrogens (tertiary/aromatic N) is 2. The van der Waals surface area contributed by atoms with Gasteiger partial charge < -0.3 is 9.84 Å². The van der Waals surface area contributed by atoms with E-state index < -0.39 is 4.92 Å². The van der Waals surface area contributed by atoms with Gasteiger partial charge in [0, 0.05) is 29.8 Å². The first-order chi connectivity index (χ1) is 8.22. The van der Waals surface area contributed by atoms with Crippen molar-refractivity contribution < 1.29 is 9.45 Å². The summed E-state index contributed by atoms with van der Waals surface area (Å²) in [7, 11) is 1.83. The maximum atomic E-state index is 10.5. The fourth-order valence-corrected chi connectivity index (χ4v) is 1.55. The third-order valence-electron chi connectivity index (χ3n) is 2.35. The summed E-state index contributed by atoms with van der Waals surface area (Å²) < 4.78 is 5.14. The first kappa shape index (κ1) is 11.3. The predicted molar refractivity (Wildman–Crippen MR) is 61.4 cm³/mol. The Morgan fingerprint density at radius 1 is 1.41 bits per heavy atom. The number of aromatic nitrogens is 1. The smallest absolute Gasteiger partial charge is 0.269 e. The van der Waals surface area contributed by atoms with E-state index in [4.69, 9.17) is 4.52 Å². The summed E-state index contributed by atoms with van der Waals surface area (Å²) in [5.74, 6) is 0.634. The summed E-state index contributed by atoms with van der Waals surface area (Å²) in [6.45, 7) is 0.635. The maximum Gasteiger partial charge on any atom is 0.269 e. The lowest BCUT2D eigenvalue weighted by molar-refractivity contribution is -0.384. The van der Waals surface area contributed by atoms with Crippen LogP contribution in [0, 0.1) is 10.1 Å². The molecule has 1 N–H and O–H groups in total. The Morgan fingerprint density at radius 2 is 2.12 bits per heavy atom. The van der Waals surface area contributed by atoms with Gasteiger partial charge in [-0.3, -0.25) is 10.1 Å². The molecule has 0 saturated carbocycles. The lowest BCUT2D eigenvalue weighted by Crippen LogP contribution is -2.04. The number of rotatable bonds is 4. The Bertz CT molecular complexity index is 519. The first-order valence-electron chi connectivity index (χ1n) is 5.05. The van der Waals surface area contributed by atoms with Crippen LogP contribution >= 0.6 is 0 Å². The molecular weight excluding hydrogens is 222 g/mol. The number of non-ortho nitro benzene ring substituents is 1. The molecule has 2 rings (SSSR count). The molecule has 0 aliphatic rings. The van der Waals surface area contributed by atoms with Crippen LogP contribution in [0.4, 0.5) is 5.69 Å². The van der Waals surface area contributed by atoms with E-state index in [0.29, 0.717) is 12.3 Å². The summed E-state index contributed by atoms with van der Waals surface area (Å²) in [4.78, 5) is 10.1. The third kappa shape index (κ3) is 2.31. The topological polar surface area (TPSA) is 81.2 Å². The van der Waals surface area contributed by atoms with E-state index in [1.54, 1.807) is 18.3 Å². The first-order valence-corrected chi connectivity index (χ1v) is 5.05. The molecule has 6 heteroatoms. The summed E-state index contributed by atoms with van der Waals surface area (Å²) >= 11 is 0. The Kier molecular flexibility index (Phi) is 3.15. The maximum absolute atomic E-state index is 10.5. The average molecular weight is 233 g/mol. The lowest BCUT2D eigenvalue weighted by atomic mass is 10.1. The van der Waals surface area contributed by atoms with E-state index in [1.165, 1.54) is 12.1 Å². The molecule has 0 aliphatic carbocycles. The molecule has 0 bridgehead atoms. The van der Waals surface area contributed by atoms with Crippen molar-refractivity contribution in [1.29, 1.82) is 0 Å². The highest BCUT2D eigenvalue weighted by molar-refractivity contribution is 5.62. The Hall–Kier alpha value is -2.21. The molecule has 0 spiro atoms. The van der Waals surface area contributed by atoms with Crippen LogP contribution in [0.3, 0.4) is 0 Å². The second-order valence-electron chi connectivity index (χ2n) is 3.51. The molecule has 1 heterocycles. The van der Waals surface area contributed by atoms with E-state index in [1.807, 2.05) is 7.05 Å². The van der Waals surface area contributed by atoms with Crippen molar-refractivity contribution in [3.8, 4) is 11.3 Å². The number of benzene rings is 1. The number of hydrogen-bond acceptors (Lipinski definition) is 5. The second kappa shape index (κ2) is 4.75. The van der Waals surface area contributed by atoms with Crippen LogP contribution in [0.5, 0.6) is 0 Å². The van der Waals surface area contributed by atoms with Gasteiger partial charge in [-0.05, 0) is 19.2 Å². The van der Waals surface area contributed by atoms with Gasteiger partial charge in [0.2, 0.25) is 0 Å². The minimum atomic E-state index is -0.432. The normalized spacial score (nSPS) is 10.4. The molecule has 0 amide bonds. The van der Waals surface area contributed by atoms with E-state index in [9.17, 15) is 10.1 Å². The molecule has 1 aromatic heterocycles. The Morgan fingerprint density at radius 3 is 2.71 bits per heavy atom. The molecule has 0 atom stereocenters. The zero-order valence-corrected chi connectivity index (χ0v) is 9.21. The molecule has 0 radical (unpaired) electrons. The monoisotopic (exact) mass is 233 g/mol. The highest BCUT2D eigenvalue weighted by atomic mass is 16.6. The van der Waals surface area contributed by atoms with Crippen LogP contribution < -0.4 is 5.32 Å². The molecule has 2 aromatic rings. The van der Waals surface area contributed by atoms with Crippen LogP contribution in [0.2, 0.25) is 0 Å². The minimum absolute atomic E-state index is 0.0587. The van der Waals surface area contributed by atoms with Crippen LogP contribution in [-0.2, 0) is 6.54 Å². The molecule has 1 aromatic carbocycles. The molecule has 88 valence electrons. The highest BCUT2D eigenvalue weighted by Gasteiger charge is 2.11. The van der Waals surface area contributed by atoms with Gasteiger partial charge in [-0.2, -0.15) is 0 Å². The van der Waals surface area contributed by atoms with Crippen LogP contribution in [0.1, 0.15) is 5.56 Å². The quantitative estimate of drug-likeness (QED) is 0.645. The second-order valence-corrected chi connectivity index (χ2v) is 3.51. The highest BCUT2D eigenvalue weighted by Crippen LogP contribution is 2.25. The molecule has 0 aliphatic heterocycles. The van der Waals surface area contributed by atoms with Gasteiger partial charge in [0.15, 0.2) is 5.76 Å². The molecule has 0 fully saturated rings. The summed E-state index contributed by atoms with van der Waals surface area (Å²) in [5, 5.41) is 17.3.